The first-order chi connectivity index (χ1) is 8.06. The normalized spacial score (nSPS) is 14.6. The molecule has 1 N–H and O–H groups in total. The zero-order valence-electron chi connectivity index (χ0n) is 10.9. The second kappa shape index (κ2) is 6.43. The molecule has 0 aromatic heterocycles. The number of hydrogen-bond acceptors (Lipinski definition) is 1. The van der Waals surface area contributed by atoms with Crippen LogP contribution in [0.15, 0.2) is 30.3 Å². The Morgan fingerprint density at radius 1 is 1.24 bits per heavy atom. The van der Waals surface area contributed by atoms with Crippen molar-refractivity contribution in [2.45, 2.75) is 39.5 Å². The molecule has 0 radical (unpaired) electrons. The number of hydrogen-bond donors (Lipinski definition) is 1. The highest BCUT2D eigenvalue weighted by Gasteiger charge is 2.24. The van der Waals surface area contributed by atoms with E-state index in [-0.39, 0.29) is 5.92 Å². The summed E-state index contributed by atoms with van der Waals surface area (Å²) < 4.78 is 0. The van der Waals surface area contributed by atoms with E-state index in [1.165, 1.54) is 5.56 Å². The smallest absolute Gasteiger partial charge is 0.306 e. The summed E-state index contributed by atoms with van der Waals surface area (Å²) in [4.78, 5) is 11.1. The van der Waals surface area contributed by atoms with E-state index in [0.29, 0.717) is 18.3 Å². The minimum absolute atomic E-state index is 0.234. The van der Waals surface area contributed by atoms with Gasteiger partial charge in [0.25, 0.3) is 0 Å². The molecule has 0 aliphatic heterocycles. The van der Waals surface area contributed by atoms with Crippen molar-refractivity contribution in [1.29, 1.82) is 0 Å². The quantitative estimate of drug-likeness (QED) is 0.809. The summed E-state index contributed by atoms with van der Waals surface area (Å²) in [5.41, 5.74) is 1.25. The van der Waals surface area contributed by atoms with Gasteiger partial charge in [-0.1, -0.05) is 51.1 Å². The first-order valence-corrected chi connectivity index (χ1v) is 6.34. The Balaban J connectivity index is 2.84. The van der Waals surface area contributed by atoms with Gasteiger partial charge in [-0.2, -0.15) is 0 Å². The largest absolute Gasteiger partial charge is 0.481 e. The third-order valence-corrected chi connectivity index (χ3v) is 3.41. The highest BCUT2D eigenvalue weighted by molar-refractivity contribution is 5.70. The summed E-state index contributed by atoms with van der Waals surface area (Å²) in [5.74, 6) is -0.111. The molecule has 17 heavy (non-hydrogen) atoms. The SMILES string of the molecule is CCC(CC(c1ccccc1)C(C)C)C(=O)O. The van der Waals surface area contributed by atoms with Crippen molar-refractivity contribution in [2.24, 2.45) is 11.8 Å². The Labute approximate surface area is 104 Å². The molecule has 0 aliphatic carbocycles. The molecule has 1 aromatic carbocycles. The molecule has 0 saturated carbocycles. The predicted molar refractivity (Wildman–Crippen MR) is 70.1 cm³/mol. The monoisotopic (exact) mass is 234 g/mol. The van der Waals surface area contributed by atoms with Crippen LogP contribution in [0.3, 0.4) is 0 Å². The van der Waals surface area contributed by atoms with Crippen LogP contribution in [-0.2, 0) is 4.79 Å². The summed E-state index contributed by atoms with van der Waals surface area (Å²) in [7, 11) is 0. The van der Waals surface area contributed by atoms with Crippen LogP contribution in [0.2, 0.25) is 0 Å². The maximum Gasteiger partial charge on any atom is 0.306 e. The molecule has 0 heterocycles. The Morgan fingerprint density at radius 2 is 1.82 bits per heavy atom. The van der Waals surface area contributed by atoms with E-state index >= 15 is 0 Å². The predicted octanol–water partition coefficient (Wildman–Crippen LogP) is 3.93. The Hall–Kier alpha value is -1.31. The fourth-order valence-corrected chi connectivity index (χ4v) is 2.24. The van der Waals surface area contributed by atoms with Gasteiger partial charge in [0.05, 0.1) is 5.92 Å². The minimum atomic E-state index is -0.672. The van der Waals surface area contributed by atoms with Crippen molar-refractivity contribution < 1.29 is 9.90 Å². The summed E-state index contributed by atoms with van der Waals surface area (Å²) in [6, 6.07) is 10.2. The van der Waals surface area contributed by atoms with E-state index in [1.807, 2.05) is 25.1 Å². The number of rotatable bonds is 6. The number of carboxylic acids is 1. The first kappa shape index (κ1) is 13.8. The van der Waals surface area contributed by atoms with Gasteiger partial charge in [-0.3, -0.25) is 4.79 Å². The number of aliphatic carboxylic acids is 1. The van der Waals surface area contributed by atoms with Crippen LogP contribution in [0.5, 0.6) is 0 Å². The number of carboxylic acid groups (broad SMARTS) is 1. The van der Waals surface area contributed by atoms with Gasteiger partial charge < -0.3 is 5.11 Å². The summed E-state index contributed by atoms with van der Waals surface area (Å²) in [6.07, 6.45) is 1.43. The zero-order valence-corrected chi connectivity index (χ0v) is 10.9. The van der Waals surface area contributed by atoms with Crippen molar-refractivity contribution in [1.82, 2.24) is 0 Å². The second-order valence-electron chi connectivity index (χ2n) is 4.94. The van der Waals surface area contributed by atoms with E-state index in [2.05, 4.69) is 26.0 Å². The van der Waals surface area contributed by atoms with Crippen LogP contribution < -0.4 is 0 Å². The first-order valence-electron chi connectivity index (χ1n) is 6.34. The van der Waals surface area contributed by atoms with Crippen LogP contribution in [0, 0.1) is 11.8 Å². The van der Waals surface area contributed by atoms with E-state index in [4.69, 9.17) is 5.11 Å². The molecular formula is C15H22O2. The van der Waals surface area contributed by atoms with Crippen LogP contribution >= 0.6 is 0 Å². The van der Waals surface area contributed by atoms with Crippen molar-refractivity contribution in [3.63, 3.8) is 0 Å². The maximum absolute atomic E-state index is 11.1. The lowest BCUT2D eigenvalue weighted by Gasteiger charge is -2.24. The topological polar surface area (TPSA) is 37.3 Å². The molecule has 0 aliphatic rings. The fraction of sp³-hybridized carbons (Fsp3) is 0.533. The maximum atomic E-state index is 11.1. The van der Waals surface area contributed by atoms with Gasteiger partial charge >= 0.3 is 5.97 Å². The van der Waals surface area contributed by atoms with Crippen LogP contribution in [0.1, 0.15) is 45.1 Å². The van der Waals surface area contributed by atoms with E-state index in [1.54, 1.807) is 0 Å². The van der Waals surface area contributed by atoms with Crippen LogP contribution in [0.25, 0.3) is 0 Å². The summed E-state index contributed by atoms with van der Waals surface area (Å²) in [6.45, 7) is 6.26. The molecule has 0 amide bonds. The molecule has 0 saturated heterocycles. The average molecular weight is 234 g/mol. The molecule has 1 rings (SSSR count). The van der Waals surface area contributed by atoms with Crippen molar-refractivity contribution in [3.8, 4) is 0 Å². The van der Waals surface area contributed by atoms with Gasteiger partial charge in [-0.25, -0.2) is 0 Å². The Kier molecular flexibility index (Phi) is 5.20. The van der Waals surface area contributed by atoms with Crippen LogP contribution in [-0.4, -0.2) is 11.1 Å². The average Bonchev–Trinajstić information content (AvgIpc) is 2.30. The van der Waals surface area contributed by atoms with Gasteiger partial charge in [0.2, 0.25) is 0 Å². The molecule has 0 bridgehead atoms. The molecule has 2 unspecified atom stereocenters. The van der Waals surface area contributed by atoms with E-state index in [9.17, 15) is 4.79 Å². The van der Waals surface area contributed by atoms with Crippen molar-refractivity contribution in [3.05, 3.63) is 35.9 Å². The van der Waals surface area contributed by atoms with Gasteiger partial charge in [-0.15, -0.1) is 0 Å². The van der Waals surface area contributed by atoms with Gasteiger partial charge in [0.15, 0.2) is 0 Å². The van der Waals surface area contributed by atoms with Crippen molar-refractivity contribution >= 4 is 5.97 Å². The standard InChI is InChI=1S/C15H22O2/c1-4-12(15(16)17)10-14(11(2)3)13-8-6-5-7-9-13/h5-9,11-12,14H,4,10H2,1-3H3,(H,16,17). The summed E-state index contributed by atoms with van der Waals surface area (Å²) >= 11 is 0. The zero-order chi connectivity index (χ0) is 12.8. The van der Waals surface area contributed by atoms with E-state index in [0.717, 1.165) is 6.42 Å². The molecular weight excluding hydrogens is 212 g/mol. The molecule has 1 aromatic rings. The lowest BCUT2D eigenvalue weighted by molar-refractivity contribution is -0.142. The Bertz CT molecular complexity index is 343. The molecule has 2 atom stereocenters. The van der Waals surface area contributed by atoms with Crippen LogP contribution in [0.4, 0.5) is 0 Å². The highest BCUT2D eigenvalue weighted by Crippen LogP contribution is 2.32. The third-order valence-electron chi connectivity index (χ3n) is 3.41. The lowest BCUT2D eigenvalue weighted by Crippen LogP contribution is -2.19. The fourth-order valence-electron chi connectivity index (χ4n) is 2.24. The molecule has 2 heteroatoms. The van der Waals surface area contributed by atoms with Gasteiger partial charge in [-0.05, 0) is 30.2 Å². The molecule has 2 nitrogen and oxygen atoms in total. The molecule has 0 fully saturated rings. The summed E-state index contributed by atoms with van der Waals surface area (Å²) in [5, 5.41) is 9.15. The van der Waals surface area contributed by atoms with Crippen molar-refractivity contribution in [2.75, 3.05) is 0 Å². The third kappa shape index (κ3) is 3.88. The molecule has 0 spiro atoms. The minimum Gasteiger partial charge on any atom is -0.481 e. The number of benzene rings is 1. The van der Waals surface area contributed by atoms with Gasteiger partial charge in [0.1, 0.15) is 0 Å². The molecule has 94 valence electrons. The number of carbonyl (C=O) groups is 1. The Morgan fingerprint density at radius 3 is 2.24 bits per heavy atom. The van der Waals surface area contributed by atoms with E-state index < -0.39 is 5.97 Å². The lowest BCUT2D eigenvalue weighted by atomic mass is 9.80. The highest BCUT2D eigenvalue weighted by atomic mass is 16.4. The second-order valence-corrected chi connectivity index (χ2v) is 4.94. The van der Waals surface area contributed by atoms with Gasteiger partial charge in [0, 0.05) is 0 Å².